The Hall–Kier alpha value is -0.560. The topological polar surface area (TPSA) is 20.2 Å². The molecule has 1 N–H and O–H groups in total. The van der Waals surface area contributed by atoms with Gasteiger partial charge in [0.25, 0.3) is 0 Å². The molecule has 0 aliphatic carbocycles. The molecule has 12 heavy (non-hydrogen) atoms. The zero-order valence-electron chi connectivity index (χ0n) is 8.33. The van der Waals surface area contributed by atoms with Crippen LogP contribution in [0.15, 0.2) is 24.3 Å². The number of allylic oxidation sites excluding steroid dienone is 2. The maximum atomic E-state index is 9.39. The maximum Gasteiger partial charge on any atom is 0.0755 e. The molecule has 0 spiro atoms. The Morgan fingerprint density at radius 3 is 2.33 bits per heavy atom. The predicted molar refractivity (Wildman–Crippen MR) is 54.0 cm³/mol. The third kappa shape index (κ3) is 7.55. The average molecular weight is 168 g/mol. The summed E-state index contributed by atoms with van der Waals surface area (Å²) in [7, 11) is 0. The van der Waals surface area contributed by atoms with Gasteiger partial charge in [0, 0.05) is 0 Å². The van der Waals surface area contributed by atoms with E-state index in [4.69, 9.17) is 0 Å². The van der Waals surface area contributed by atoms with Crippen molar-refractivity contribution in [2.24, 2.45) is 5.92 Å². The summed E-state index contributed by atoms with van der Waals surface area (Å²) >= 11 is 0. The lowest BCUT2D eigenvalue weighted by Crippen LogP contribution is -1.99. The minimum Gasteiger partial charge on any atom is -0.389 e. The Kier molecular flexibility index (Phi) is 6.78. The Balaban J connectivity index is 3.58. The van der Waals surface area contributed by atoms with Crippen LogP contribution in [0.4, 0.5) is 0 Å². The van der Waals surface area contributed by atoms with Crippen molar-refractivity contribution in [3.05, 3.63) is 24.3 Å². The van der Waals surface area contributed by atoms with E-state index in [-0.39, 0.29) is 6.10 Å². The second kappa shape index (κ2) is 7.11. The Morgan fingerprint density at radius 2 is 1.83 bits per heavy atom. The normalized spacial score (nSPS) is 15.1. The van der Waals surface area contributed by atoms with E-state index in [9.17, 15) is 5.11 Å². The highest BCUT2D eigenvalue weighted by molar-refractivity contribution is 4.95. The SMILES string of the molecule is CC/C=C/CC(O)/C=C/C(C)C. The number of hydrogen-bond acceptors (Lipinski definition) is 1. The van der Waals surface area contributed by atoms with E-state index in [2.05, 4.69) is 26.8 Å². The molecular weight excluding hydrogens is 148 g/mol. The standard InChI is InChI=1S/C11H20O/c1-4-5-6-7-11(12)9-8-10(2)3/h5-6,8-12H,4,7H2,1-3H3/b6-5+,9-8+. The molecule has 0 radical (unpaired) electrons. The van der Waals surface area contributed by atoms with Gasteiger partial charge in [0.1, 0.15) is 0 Å². The molecule has 1 nitrogen and oxygen atoms in total. The van der Waals surface area contributed by atoms with Crippen LogP contribution in [-0.2, 0) is 0 Å². The minimum absolute atomic E-state index is 0.310. The van der Waals surface area contributed by atoms with Crippen molar-refractivity contribution in [2.75, 3.05) is 0 Å². The van der Waals surface area contributed by atoms with Crippen molar-refractivity contribution in [1.29, 1.82) is 0 Å². The fourth-order valence-corrected chi connectivity index (χ4v) is 0.831. The molecule has 0 rings (SSSR count). The van der Waals surface area contributed by atoms with Crippen molar-refractivity contribution in [1.82, 2.24) is 0 Å². The van der Waals surface area contributed by atoms with Gasteiger partial charge in [-0.05, 0) is 18.8 Å². The summed E-state index contributed by atoms with van der Waals surface area (Å²) in [6, 6.07) is 0. The highest BCUT2D eigenvalue weighted by Gasteiger charge is 1.94. The molecule has 0 heterocycles. The zero-order chi connectivity index (χ0) is 9.40. The number of rotatable bonds is 5. The molecule has 0 aromatic rings. The van der Waals surface area contributed by atoms with Gasteiger partial charge in [0.15, 0.2) is 0 Å². The van der Waals surface area contributed by atoms with Crippen LogP contribution < -0.4 is 0 Å². The number of aliphatic hydroxyl groups is 1. The van der Waals surface area contributed by atoms with Gasteiger partial charge >= 0.3 is 0 Å². The fraction of sp³-hybridized carbons (Fsp3) is 0.636. The van der Waals surface area contributed by atoms with Gasteiger partial charge in [-0.2, -0.15) is 0 Å². The lowest BCUT2D eigenvalue weighted by molar-refractivity contribution is 0.226. The van der Waals surface area contributed by atoms with E-state index in [0.717, 1.165) is 12.8 Å². The van der Waals surface area contributed by atoms with E-state index >= 15 is 0 Å². The van der Waals surface area contributed by atoms with E-state index < -0.39 is 0 Å². The number of hydrogen-bond donors (Lipinski definition) is 1. The molecular formula is C11H20O. The first-order valence-corrected chi connectivity index (χ1v) is 4.68. The van der Waals surface area contributed by atoms with Crippen LogP contribution in [0.1, 0.15) is 33.6 Å². The molecule has 0 fully saturated rings. The minimum atomic E-state index is -0.310. The van der Waals surface area contributed by atoms with E-state index in [1.165, 1.54) is 0 Å². The van der Waals surface area contributed by atoms with Crippen molar-refractivity contribution < 1.29 is 5.11 Å². The summed E-state index contributed by atoms with van der Waals surface area (Å²) in [5.74, 6) is 0.523. The lowest BCUT2D eigenvalue weighted by Gasteiger charge is -2.01. The molecule has 1 atom stereocenters. The predicted octanol–water partition coefficient (Wildman–Crippen LogP) is 2.92. The van der Waals surface area contributed by atoms with E-state index in [1.807, 2.05) is 18.2 Å². The van der Waals surface area contributed by atoms with Crippen LogP contribution in [0.25, 0.3) is 0 Å². The molecule has 1 unspecified atom stereocenters. The summed E-state index contributed by atoms with van der Waals surface area (Å²) < 4.78 is 0. The monoisotopic (exact) mass is 168 g/mol. The smallest absolute Gasteiger partial charge is 0.0755 e. The summed E-state index contributed by atoms with van der Waals surface area (Å²) in [6.07, 6.45) is 9.46. The Bertz CT molecular complexity index is 145. The summed E-state index contributed by atoms with van der Waals surface area (Å²) in [5.41, 5.74) is 0. The molecule has 0 aliphatic heterocycles. The van der Waals surface area contributed by atoms with Crippen molar-refractivity contribution in [2.45, 2.75) is 39.7 Å². The van der Waals surface area contributed by atoms with Crippen molar-refractivity contribution in [3.63, 3.8) is 0 Å². The molecule has 0 amide bonds. The third-order valence-electron chi connectivity index (χ3n) is 1.50. The van der Waals surface area contributed by atoms with Crippen LogP contribution in [-0.4, -0.2) is 11.2 Å². The van der Waals surface area contributed by atoms with Gasteiger partial charge < -0.3 is 5.11 Å². The molecule has 0 saturated carbocycles. The largest absolute Gasteiger partial charge is 0.389 e. The average Bonchev–Trinajstić information content (AvgIpc) is 2.01. The summed E-state index contributed by atoms with van der Waals surface area (Å²) in [4.78, 5) is 0. The quantitative estimate of drug-likeness (QED) is 0.626. The van der Waals surface area contributed by atoms with Gasteiger partial charge in [-0.25, -0.2) is 0 Å². The van der Waals surface area contributed by atoms with Crippen molar-refractivity contribution in [3.8, 4) is 0 Å². The van der Waals surface area contributed by atoms with E-state index in [0.29, 0.717) is 5.92 Å². The fourth-order valence-electron chi connectivity index (χ4n) is 0.831. The Labute approximate surface area is 75.8 Å². The summed E-state index contributed by atoms with van der Waals surface area (Å²) in [5, 5.41) is 9.39. The molecule has 0 aromatic heterocycles. The molecule has 70 valence electrons. The van der Waals surface area contributed by atoms with E-state index in [1.54, 1.807) is 0 Å². The van der Waals surface area contributed by atoms with Gasteiger partial charge in [-0.3, -0.25) is 0 Å². The molecule has 1 heteroatoms. The second-order valence-electron chi connectivity index (χ2n) is 3.31. The first kappa shape index (κ1) is 11.4. The molecule has 0 bridgehead atoms. The number of aliphatic hydroxyl groups excluding tert-OH is 1. The van der Waals surface area contributed by atoms with Crippen LogP contribution in [0.2, 0.25) is 0 Å². The van der Waals surface area contributed by atoms with Gasteiger partial charge in [0.2, 0.25) is 0 Å². The lowest BCUT2D eigenvalue weighted by atomic mass is 10.1. The highest BCUT2D eigenvalue weighted by Crippen LogP contribution is 2.00. The van der Waals surface area contributed by atoms with Crippen LogP contribution in [0.3, 0.4) is 0 Å². The van der Waals surface area contributed by atoms with Gasteiger partial charge in [-0.15, -0.1) is 0 Å². The van der Waals surface area contributed by atoms with Crippen LogP contribution >= 0.6 is 0 Å². The summed E-state index contributed by atoms with van der Waals surface area (Å²) in [6.45, 7) is 6.29. The first-order chi connectivity index (χ1) is 5.66. The van der Waals surface area contributed by atoms with Crippen molar-refractivity contribution >= 4 is 0 Å². The van der Waals surface area contributed by atoms with Crippen LogP contribution in [0, 0.1) is 5.92 Å². The zero-order valence-corrected chi connectivity index (χ0v) is 8.33. The first-order valence-electron chi connectivity index (χ1n) is 4.68. The molecule has 0 aliphatic rings. The maximum absolute atomic E-state index is 9.39. The molecule has 0 saturated heterocycles. The highest BCUT2D eigenvalue weighted by atomic mass is 16.3. The van der Waals surface area contributed by atoms with Crippen LogP contribution in [0.5, 0.6) is 0 Å². The molecule has 0 aromatic carbocycles. The van der Waals surface area contributed by atoms with Gasteiger partial charge in [0.05, 0.1) is 6.10 Å². The Morgan fingerprint density at radius 1 is 1.17 bits per heavy atom. The third-order valence-corrected chi connectivity index (χ3v) is 1.50. The second-order valence-corrected chi connectivity index (χ2v) is 3.31. The van der Waals surface area contributed by atoms with Gasteiger partial charge in [-0.1, -0.05) is 45.1 Å².